The lowest BCUT2D eigenvalue weighted by molar-refractivity contribution is 0.0316. The van der Waals surface area contributed by atoms with Crippen LogP contribution in [-0.2, 0) is 4.74 Å². The second-order valence-electron chi connectivity index (χ2n) is 8.36. The molecule has 1 atom stereocenters. The van der Waals surface area contributed by atoms with Crippen LogP contribution >= 0.6 is 0 Å². The maximum Gasteiger partial charge on any atom is 0.273 e. The SMILES string of the molecule is COc1ccc(-c2n[nH]c3c2C(c2ccc(C)cc2)N(CCN2CCOCC2)C3=O)cc1. The Morgan fingerprint density at radius 2 is 1.78 bits per heavy atom. The maximum atomic E-state index is 13.5. The van der Waals surface area contributed by atoms with Crippen LogP contribution < -0.4 is 4.74 Å². The molecule has 2 aliphatic rings. The van der Waals surface area contributed by atoms with Gasteiger partial charge < -0.3 is 14.4 Å². The van der Waals surface area contributed by atoms with Crippen molar-refractivity contribution in [2.24, 2.45) is 0 Å². The van der Waals surface area contributed by atoms with Gasteiger partial charge in [0, 0.05) is 37.3 Å². The average Bonchev–Trinajstić information content (AvgIpc) is 3.38. The summed E-state index contributed by atoms with van der Waals surface area (Å²) in [5.74, 6) is 0.797. The molecule has 0 bridgehead atoms. The van der Waals surface area contributed by atoms with Crippen LogP contribution in [0.5, 0.6) is 5.75 Å². The highest BCUT2D eigenvalue weighted by molar-refractivity contribution is 6.00. The molecule has 32 heavy (non-hydrogen) atoms. The van der Waals surface area contributed by atoms with E-state index in [9.17, 15) is 4.79 Å². The highest BCUT2D eigenvalue weighted by atomic mass is 16.5. The normalized spacial score (nSPS) is 18.8. The molecule has 1 N–H and O–H groups in total. The van der Waals surface area contributed by atoms with E-state index in [-0.39, 0.29) is 11.9 Å². The van der Waals surface area contributed by atoms with Crippen LogP contribution in [0, 0.1) is 6.92 Å². The molecule has 0 saturated carbocycles. The standard InChI is InChI=1S/C25H28N4O3/c1-17-3-5-19(6-4-17)24-21-22(18-7-9-20(31-2)10-8-18)26-27-23(21)25(30)29(24)12-11-28-13-15-32-16-14-28/h3-10,24H,11-16H2,1-2H3,(H,26,27). The third-order valence-electron chi connectivity index (χ3n) is 6.38. The predicted octanol–water partition coefficient (Wildman–Crippen LogP) is 3.27. The van der Waals surface area contributed by atoms with E-state index in [2.05, 4.69) is 46.3 Å². The number of nitrogens with zero attached hydrogens (tertiary/aromatic N) is 3. The first kappa shape index (κ1) is 20.7. The van der Waals surface area contributed by atoms with Gasteiger partial charge in [-0.2, -0.15) is 5.10 Å². The number of hydrogen-bond acceptors (Lipinski definition) is 5. The zero-order chi connectivity index (χ0) is 22.1. The van der Waals surface area contributed by atoms with Gasteiger partial charge in [-0.3, -0.25) is 14.8 Å². The molecule has 0 spiro atoms. The topological polar surface area (TPSA) is 70.7 Å². The number of fused-ring (bicyclic) bond motifs is 1. The molecule has 2 aromatic carbocycles. The van der Waals surface area contributed by atoms with Gasteiger partial charge in [0.25, 0.3) is 5.91 Å². The first-order chi connectivity index (χ1) is 15.7. The summed E-state index contributed by atoms with van der Waals surface area (Å²) in [7, 11) is 1.65. The van der Waals surface area contributed by atoms with E-state index in [1.54, 1.807) is 7.11 Å². The predicted molar refractivity (Wildman–Crippen MR) is 122 cm³/mol. The highest BCUT2D eigenvalue weighted by Gasteiger charge is 2.42. The van der Waals surface area contributed by atoms with Gasteiger partial charge in [-0.15, -0.1) is 0 Å². The number of aryl methyl sites for hydroxylation is 1. The minimum atomic E-state index is -0.171. The van der Waals surface area contributed by atoms with Gasteiger partial charge in [0.2, 0.25) is 0 Å². The smallest absolute Gasteiger partial charge is 0.273 e. The number of rotatable bonds is 6. The lowest BCUT2D eigenvalue weighted by Crippen LogP contribution is -2.42. The fourth-order valence-electron chi connectivity index (χ4n) is 4.57. The van der Waals surface area contributed by atoms with E-state index in [0.29, 0.717) is 12.2 Å². The largest absolute Gasteiger partial charge is 0.497 e. The molecule has 0 radical (unpaired) electrons. The molecule has 3 heterocycles. The molecule has 3 aromatic rings. The number of aromatic nitrogens is 2. The van der Waals surface area contributed by atoms with Crippen molar-refractivity contribution >= 4 is 5.91 Å². The van der Waals surface area contributed by atoms with Crippen molar-refractivity contribution in [2.75, 3.05) is 46.5 Å². The summed E-state index contributed by atoms with van der Waals surface area (Å²) >= 11 is 0. The van der Waals surface area contributed by atoms with Crippen LogP contribution in [0.2, 0.25) is 0 Å². The van der Waals surface area contributed by atoms with Gasteiger partial charge in [-0.1, -0.05) is 29.8 Å². The molecule has 1 unspecified atom stereocenters. The molecule has 2 aliphatic heterocycles. The fourth-order valence-corrected chi connectivity index (χ4v) is 4.57. The molecular formula is C25H28N4O3. The Balaban J connectivity index is 1.52. The number of hydrogen-bond donors (Lipinski definition) is 1. The van der Waals surface area contributed by atoms with Crippen molar-refractivity contribution in [1.82, 2.24) is 20.0 Å². The first-order valence-electron chi connectivity index (χ1n) is 11.1. The Labute approximate surface area is 187 Å². The highest BCUT2D eigenvalue weighted by Crippen LogP contribution is 2.42. The number of amides is 1. The molecule has 0 aliphatic carbocycles. The molecule has 7 nitrogen and oxygen atoms in total. The van der Waals surface area contributed by atoms with Gasteiger partial charge in [-0.05, 0) is 36.8 Å². The number of morpholine rings is 1. The van der Waals surface area contributed by atoms with E-state index in [4.69, 9.17) is 9.47 Å². The minimum absolute atomic E-state index is 0.00564. The summed E-state index contributed by atoms with van der Waals surface area (Å²) in [6.07, 6.45) is 0. The van der Waals surface area contributed by atoms with E-state index in [1.807, 2.05) is 29.2 Å². The quantitative estimate of drug-likeness (QED) is 0.647. The van der Waals surface area contributed by atoms with Crippen LogP contribution in [0.15, 0.2) is 48.5 Å². The molecule has 1 fully saturated rings. The third kappa shape index (κ3) is 3.78. The van der Waals surface area contributed by atoms with Crippen molar-refractivity contribution in [3.8, 4) is 17.0 Å². The number of methoxy groups -OCH3 is 1. The maximum absolute atomic E-state index is 13.5. The number of H-pyrrole nitrogens is 1. The number of nitrogens with one attached hydrogen (secondary N) is 1. The van der Waals surface area contributed by atoms with Crippen LogP contribution in [0.25, 0.3) is 11.3 Å². The number of carbonyl (C=O) groups excluding carboxylic acids is 1. The summed E-state index contributed by atoms with van der Waals surface area (Å²) < 4.78 is 10.8. The molecule has 1 aromatic heterocycles. The number of aromatic amines is 1. The Kier molecular flexibility index (Phi) is 5.68. The van der Waals surface area contributed by atoms with Crippen molar-refractivity contribution < 1.29 is 14.3 Å². The van der Waals surface area contributed by atoms with E-state index < -0.39 is 0 Å². The monoisotopic (exact) mass is 432 g/mol. The van der Waals surface area contributed by atoms with Crippen LogP contribution in [0.3, 0.4) is 0 Å². The molecule has 1 amide bonds. The van der Waals surface area contributed by atoms with Crippen LogP contribution in [0.1, 0.15) is 33.2 Å². The number of carbonyl (C=O) groups is 1. The Morgan fingerprint density at radius 3 is 2.47 bits per heavy atom. The zero-order valence-corrected chi connectivity index (χ0v) is 18.5. The summed E-state index contributed by atoms with van der Waals surface area (Å²) in [6.45, 7) is 6.86. The minimum Gasteiger partial charge on any atom is -0.497 e. The second-order valence-corrected chi connectivity index (χ2v) is 8.36. The van der Waals surface area contributed by atoms with Gasteiger partial charge in [0.05, 0.1) is 32.1 Å². The summed E-state index contributed by atoms with van der Waals surface area (Å²) in [5, 5.41) is 7.59. The molecular weight excluding hydrogens is 404 g/mol. The number of benzene rings is 2. The van der Waals surface area contributed by atoms with Crippen molar-refractivity contribution in [3.63, 3.8) is 0 Å². The van der Waals surface area contributed by atoms with E-state index in [0.717, 1.165) is 61.0 Å². The molecule has 5 rings (SSSR count). The molecule has 1 saturated heterocycles. The molecule has 166 valence electrons. The van der Waals surface area contributed by atoms with E-state index in [1.165, 1.54) is 5.56 Å². The van der Waals surface area contributed by atoms with Crippen molar-refractivity contribution in [2.45, 2.75) is 13.0 Å². The van der Waals surface area contributed by atoms with Crippen molar-refractivity contribution in [1.29, 1.82) is 0 Å². The van der Waals surface area contributed by atoms with Gasteiger partial charge in [-0.25, -0.2) is 0 Å². The van der Waals surface area contributed by atoms with Crippen LogP contribution in [0.4, 0.5) is 0 Å². The zero-order valence-electron chi connectivity index (χ0n) is 18.5. The Bertz CT molecular complexity index is 1090. The Morgan fingerprint density at radius 1 is 1.06 bits per heavy atom. The van der Waals surface area contributed by atoms with Gasteiger partial charge in [0.15, 0.2) is 0 Å². The van der Waals surface area contributed by atoms with Gasteiger partial charge in [0.1, 0.15) is 11.4 Å². The van der Waals surface area contributed by atoms with Crippen molar-refractivity contribution in [3.05, 3.63) is 70.9 Å². The Hall–Kier alpha value is -3.16. The second kappa shape index (κ2) is 8.76. The average molecular weight is 433 g/mol. The van der Waals surface area contributed by atoms with Crippen LogP contribution in [-0.4, -0.2) is 72.4 Å². The van der Waals surface area contributed by atoms with Gasteiger partial charge >= 0.3 is 0 Å². The number of ether oxygens (including phenoxy) is 2. The summed E-state index contributed by atoms with van der Waals surface area (Å²) in [5.41, 5.74) is 5.61. The van der Waals surface area contributed by atoms with E-state index >= 15 is 0 Å². The summed E-state index contributed by atoms with van der Waals surface area (Å²) in [4.78, 5) is 17.8. The molecule has 7 heteroatoms. The fraction of sp³-hybridized carbons (Fsp3) is 0.360. The third-order valence-corrected chi connectivity index (χ3v) is 6.38. The summed E-state index contributed by atoms with van der Waals surface area (Å²) in [6, 6.07) is 16.1. The first-order valence-corrected chi connectivity index (χ1v) is 11.1. The lowest BCUT2D eigenvalue weighted by atomic mass is 9.95. The lowest BCUT2D eigenvalue weighted by Gasteiger charge is -2.31.